The minimum absolute atomic E-state index is 0.248. The molecule has 2 aliphatic rings. The van der Waals surface area contributed by atoms with Gasteiger partial charge in [0.1, 0.15) is 36.9 Å². The molecule has 0 N–H and O–H groups in total. The lowest BCUT2D eigenvalue weighted by atomic mass is 10.0. The summed E-state index contributed by atoms with van der Waals surface area (Å²) in [6.45, 7) is 11.1. The fraction of sp³-hybridized carbons (Fsp3) is 0.400. The number of ether oxygens (including phenoxy) is 4. The predicted molar refractivity (Wildman–Crippen MR) is 118 cm³/mol. The standard InChI is InChI=1S/C25H28N2O4/c1-15-7-19(8-16(2)24(15)30-13-21-11-28-21)23-5-6-27(26-23)20-9-17(3)25(18(4)10-20)31-14-22-12-29-22/h5-10,21-22H,11-14H2,1-4H3. The maximum absolute atomic E-state index is 5.96. The molecule has 2 unspecified atom stereocenters. The molecule has 3 aromatic rings. The van der Waals surface area contributed by atoms with E-state index in [1.165, 1.54) is 0 Å². The van der Waals surface area contributed by atoms with Crippen LogP contribution >= 0.6 is 0 Å². The Morgan fingerprint density at radius 1 is 0.839 bits per heavy atom. The van der Waals surface area contributed by atoms with Crippen molar-refractivity contribution >= 4 is 0 Å². The van der Waals surface area contributed by atoms with E-state index in [2.05, 4.69) is 52.0 Å². The molecule has 2 atom stereocenters. The van der Waals surface area contributed by atoms with Crippen molar-refractivity contribution in [3.05, 3.63) is 58.8 Å². The van der Waals surface area contributed by atoms with Gasteiger partial charge >= 0.3 is 0 Å². The van der Waals surface area contributed by atoms with E-state index in [9.17, 15) is 0 Å². The van der Waals surface area contributed by atoms with E-state index in [0.717, 1.165) is 63.9 Å². The molecule has 0 amide bonds. The van der Waals surface area contributed by atoms with Crippen LogP contribution in [0.1, 0.15) is 22.3 Å². The number of rotatable bonds is 8. The Morgan fingerprint density at radius 2 is 1.32 bits per heavy atom. The van der Waals surface area contributed by atoms with E-state index < -0.39 is 0 Å². The van der Waals surface area contributed by atoms with E-state index in [1.807, 2.05) is 16.9 Å². The predicted octanol–water partition coefficient (Wildman–Crippen LogP) is 4.33. The van der Waals surface area contributed by atoms with E-state index in [-0.39, 0.29) is 12.2 Å². The SMILES string of the molecule is Cc1cc(-c2ccn(-c3cc(C)c(OCC4CO4)c(C)c3)n2)cc(C)c1OCC1CO1. The molecule has 0 aliphatic carbocycles. The van der Waals surface area contributed by atoms with Gasteiger partial charge in [-0.2, -0.15) is 5.10 Å². The lowest BCUT2D eigenvalue weighted by Gasteiger charge is -2.14. The van der Waals surface area contributed by atoms with Gasteiger partial charge in [0.2, 0.25) is 0 Å². The summed E-state index contributed by atoms with van der Waals surface area (Å²) in [5, 5.41) is 4.84. The monoisotopic (exact) mass is 420 g/mol. The van der Waals surface area contributed by atoms with Crippen LogP contribution in [-0.2, 0) is 9.47 Å². The zero-order valence-electron chi connectivity index (χ0n) is 18.5. The van der Waals surface area contributed by atoms with Crippen LogP contribution in [0.3, 0.4) is 0 Å². The van der Waals surface area contributed by atoms with Crippen LogP contribution in [0.25, 0.3) is 16.9 Å². The molecule has 3 heterocycles. The van der Waals surface area contributed by atoms with Crippen molar-refractivity contribution in [3.8, 4) is 28.4 Å². The number of hydrogen-bond donors (Lipinski definition) is 0. The van der Waals surface area contributed by atoms with E-state index in [1.54, 1.807) is 0 Å². The minimum atomic E-state index is 0.248. The van der Waals surface area contributed by atoms with Crippen LogP contribution in [0.4, 0.5) is 0 Å². The zero-order chi connectivity index (χ0) is 21.5. The molecule has 2 aliphatic heterocycles. The van der Waals surface area contributed by atoms with Gasteiger partial charge in [-0.05, 0) is 80.3 Å². The van der Waals surface area contributed by atoms with Crippen molar-refractivity contribution in [2.45, 2.75) is 39.9 Å². The first-order valence-electron chi connectivity index (χ1n) is 10.8. The summed E-state index contributed by atoms with van der Waals surface area (Å²) in [6.07, 6.45) is 2.50. The third kappa shape index (κ3) is 4.45. The van der Waals surface area contributed by atoms with Gasteiger partial charge < -0.3 is 18.9 Å². The van der Waals surface area contributed by atoms with E-state index in [0.29, 0.717) is 13.2 Å². The van der Waals surface area contributed by atoms with E-state index in [4.69, 9.17) is 24.0 Å². The van der Waals surface area contributed by atoms with Crippen LogP contribution in [0.2, 0.25) is 0 Å². The fourth-order valence-corrected chi connectivity index (χ4v) is 3.92. The van der Waals surface area contributed by atoms with Gasteiger partial charge in [-0.15, -0.1) is 0 Å². The quantitative estimate of drug-likeness (QED) is 0.508. The zero-order valence-corrected chi connectivity index (χ0v) is 18.5. The Balaban J connectivity index is 1.37. The van der Waals surface area contributed by atoms with Crippen molar-refractivity contribution in [2.24, 2.45) is 0 Å². The Hall–Kier alpha value is -2.83. The van der Waals surface area contributed by atoms with Gasteiger partial charge in [-0.3, -0.25) is 0 Å². The largest absolute Gasteiger partial charge is 0.490 e. The summed E-state index contributed by atoms with van der Waals surface area (Å²) >= 11 is 0. The highest BCUT2D eigenvalue weighted by molar-refractivity contribution is 5.64. The van der Waals surface area contributed by atoms with Gasteiger partial charge in [0, 0.05) is 11.8 Å². The maximum Gasteiger partial charge on any atom is 0.125 e. The lowest BCUT2D eigenvalue weighted by molar-refractivity contribution is 0.260. The van der Waals surface area contributed by atoms with E-state index >= 15 is 0 Å². The number of hydrogen-bond acceptors (Lipinski definition) is 5. The highest BCUT2D eigenvalue weighted by Gasteiger charge is 2.24. The topological polar surface area (TPSA) is 61.3 Å². The van der Waals surface area contributed by atoms with Gasteiger partial charge in [0.05, 0.1) is 24.6 Å². The number of benzene rings is 2. The number of nitrogens with zero attached hydrogens (tertiary/aromatic N) is 2. The van der Waals surface area contributed by atoms with Gasteiger partial charge in [-0.25, -0.2) is 4.68 Å². The lowest BCUT2D eigenvalue weighted by Crippen LogP contribution is -2.07. The maximum atomic E-state index is 5.96. The summed E-state index contributed by atoms with van der Waals surface area (Å²) in [4.78, 5) is 0. The third-order valence-corrected chi connectivity index (χ3v) is 5.69. The summed E-state index contributed by atoms with van der Waals surface area (Å²) in [7, 11) is 0. The Morgan fingerprint density at radius 3 is 1.81 bits per heavy atom. The summed E-state index contributed by atoms with van der Waals surface area (Å²) in [6, 6.07) is 10.5. The third-order valence-electron chi connectivity index (χ3n) is 5.69. The van der Waals surface area contributed by atoms with Crippen molar-refractivity contribution in [1.82, 2.24) is 9.78 Å². The highest BCUT2D eigenvalue weighted by atomic mass is 16.6. The van der Waals surface area contributed by atoms with Gasteiger partial charge in [0.15, 0.2) is 0 Å². The first-order valence-corrected chi connectivity index (χ1v) is 10.8. The Labute approximate surface area is 182 Å². The molecule has 0 radical (unpaired) electrons. The Kier molecular flexibility index (Phi) is 5.20. The second-order valence-electron chi connectivity index (χ2n) is 8.53. The molecular formula is C25H28N2O4. The molecule has 6 heteroatoms. The molecule has 2 aromatic carbocycles. The fourth-order valence-electron chi connectivity index (χ4n) is 3.92. The molecule has 162 valence electrons. The molecule has 2 saturated heterocycles. The molecule has 5 rings (SSSR count). The molecule has 2 fully saturated rings. The summed E-state index contributed by atoms with van der Waals surface area (Å²) < 4.78 is 24.3. The second kappa shape index (κ2) is 8.02. The first-order chi connectivity index (χ1) is 15.0. The normalized spacial score (nSPS) is 19.4. The second-order valence-corrected chi connectivity index (χ2v) is 8.53. The number of epoxide rings is 2. The van der Waals surface area contributed by atoms with Gasteiger partial charge in [0.25, 0.3) is 0 Å². The average Bonchev–Trinajstić information content (AvgIpc) is 3.66. The van der Waals surface area contributed by atoms with Crippen LogP contribution in [0.15, 0.2) is 36.5 Å². The minimum Gasteiger partial charge on any atom is -0.490 e. The number of aromatic nitrogens is 2. The smallest absolute Gasteiger partial charge is 0.125 e. The van der Waals surface area contributed by atoms with Crippen LogP contribution in [-0.4, -0.2) is 48.4 Å². The summed E-state index contributed by atoms with van der Waals surface area (Å²) in [5.74, 6) is 1.88. The van der Waals surface area contributed by atoms with Crippen LogP contribution < -0.4 is 9.47 Å². The molecule has 6 nitrogen and oxygen atoms in total. The number of aryl methyl sites for hydroxylation is 4. The average molecular weight is 421 g/mol. The molecule has 1 aromatic heterocycles. The molecule has 0 spiro atoms. The molecule has 31 heavy (non-hydrogen) atoms. The highest BCUT2D eigenvalue weighted by Crippen LogP contribution is 2.31. The molecule has 0 saturated carbocycles. The van der Waals surface area contributed by atoms with Crippen molar-refractivity contribution in [3.63, 3.8) is 0 Å². The molecule has 0 bridgehead atoms. The molecular weight excluding hydrogens is 392 g/mol. The van der Waals surface area contributed by atoms with Crippen molar-refractivity contribution < 1.29 is 18.9 Å². The van der Waals surface area contributed by atoms with Crippen LogP contribution in [0.5, 0.6) is 11.5 Å². The summed E-state index contributed by atoms with van der Waals surface area (Å²) in [5.41, 5.74) is 7.46. The van der Waals surface area contributed by atoms with Crippen LogP contribution in [0, 0.1) is 27.7 Å². The van der Waals surface area contributed by atoms with Gasteiger partial charge in [-0.1, -0.05) is 0 Å². The van der Waals surface area contributed by atoms with Crippen molar-refractivity contribution in [2.75, 3.05) is 26.4 Å². The first kappa shape index (κ1) is 20.1. The Bertz CT molecular complexity index is 980. The van der Waals surface area contributed by atoms with Crippen molar-refractivity contribution in [1.29, 1.82) is 0 Å².